The van der Waals surface area contributed by atoms with Crippen LogP contribution in [0.2, 0.25) is 0 Å². The van der Waals surface area contributed by atoms with Gasteiger partial charge in [0, 0.05) is 24.8 Å². The summed E-state index contributed by atoms with van der Waals surface area (Å²) in [6.07, 6.45) is 0. The van der Waals surface area contributed by atoms with E-state index in [0.29, 0.717) is 29.8 Å². The molecule has 4 aromatic rings. The second-order valence-corrected chi connectivity index (χ2v) is 6.36. The van der Waals surface area contributed by atoms with Crippen LogP contribution in [0.15, 0.2) is 65.2 Å². The van der Waals surface area contributed by atoms with Crippen LogP contribution in [0.1, 0.15) is 10.4 Å². The minimum atomic E-state index is -0.458. The fraction of sp³-hybridized carbons (Fsp3) is 0.136. The van der Waals surface area contributed by atoms with Gasteiger partial charge in [-0.25, -0.2) is 9.37 Å². The number of carbonyl (C=O) groups excluding carboxylic acids is 1. The number of nitrogens with zero attached hydrogens (tertiary/aromatic N) is 2. The number of hydrogen-bond donors (Lipinski definition) is 1. The topological polar surface area (TPSA) is 77.2 Å². The molecule has 6 nitrogen and oxygen atoms in total. The Kier molecular flexibility index (Phi) is 5.31. The van der Waals surface area contributed by atoms with E-state index in [-0.39, 0.29) is 22.9 Å². The van der Waals surface area contributed by atoms with Gasteiger partial charge in [-0.2, -0.15) is 0 Å². The zero-order valence-electron chi connectivity index (χ0n) is 15.7. The van der Waals surface area contributed by atoms with E-state index < -0.39 is 5.82 Å². The lowest BCUT2D eigenvalue weighted by molar-refractivity contribution is 0.0938. The summed E-state index contributed by atoms with van der Waals surface area (Å²) in [5.74, 6) is -0.798. The standard InChI is InChI=1S/C22H18FN3O3/c1-28-12-11-24-21(27)16-13-18(14-7-3-2-4-8-14)25-22-19(16)20(26-29-22)15-9-5-6-10-17(15)23/h2-10,13H,11-12H2,1H3,(H,24,27). The Labute approximate surface area is 166 Å². The third-order valence-corrected chi connectivity index (χ3v) is 4.48. The molecule has 0 aliphatic carbocycles. The monoisotopic (exact) mass is 391 g/mol. The molecule has 0 bridgehead atoms. The van der Waals surface area contributed by atoms with Crippen molar-refractivity contribution < 1.29 is 18.4 Å². The first-order valence-corrected chi connectivity index (χ1v) is 9.07. The van der Waals surface area contributed by atoms with Gasteiger partial charge < -0.3 is 14.6 Å². The van der Waals surface area contributed by atoms with Gasteiger partial charge in [0.05, 0.1) is 23.3 Å². The average Bonchev–Trinajstić information content (AvgIpc) is 3.18. The molecular formula is C22H18FN3O3. The summed E-state index contributed by atoms with van der Waals surface area (Å²) in [5.41, 5.74) is 2.34. The van der Waals surface area contributed by atoms with Gasteiger partial charge in [0.1, 0.15) is 11.5 Å². The third-order valence-electron chi connectivity index (χ3n) is 4.48. The van der Waals surface area contributed by atoms with Crippen molar-refractivity contribution in [2.75, 3.05) is 20.3 Å². The summed E-state index contributed by atoms with van der Waals surface area (Å²) in [6.45, 7) is 0.704. The molecule has 0 radical (unpaired) electrons. The van der Waals surface area contributed by atoms with E-state index in [2.05, 4.69) is 15.5 Å². The van der Waals surface area contributed by atoms with Crippen LogP contribution >= 0.6 is 0 Å². The number of pyridine rings is 1. The molecule has 0 aliphatic heterocycles. The van der Waals surface area contributed by atoms with Crippen LogP contribution in [0, 0.1) is 5.82 Å². The molecule has 1 amide bonds. The minimum absolute atomic E-state index is 0.168. The normalized spacial score (nSPS) is 11.0. The van der Waals surface area contributed by atoms with Gasteiger partial charge in [0.15, 0.2) is 0 Å². The Morgan fingerprint density at radius 1 is 1.14 bits per heavy atom. The Morgan fingerprint density at radius 3 is 2.66 bits per heavy atom. The fourth-order valence-corrected chi connectivity index (χ4v) is 3.09. The second-order valence-electron chi connectivity index (χ2n) is 6.36. The first-order valence-electron chi connectivity index (χ1n) is 9.07. The van der Waals surface area contributed by atoms with Crippen molar-refractivity contribution in [2.24, 2.45) is 0 Å². The zero-order chi connectivity index (χ0) is 20.2. The van der Waals surface area contributed by atoms with Gasteiger partial charge in [-0.05, 0) is 18.2 Å². The smallest absolute Gasteiger partial charge is 0.259 e. The number of ether oxygens (including phenoxy) is 1. The molecular weight excluding hydrogens is 373 g/mol. The number of aromatic nitrogens is 2. The van der Waals surface area contributed by atoms with Crippen molar-refractivity contribution in [3.05, 3.63) is 72.0 Å². The summed E-state index contributed by atoms with van der Waals surface area (Å²) >= 11 is 0. The number of fused-ring (bicyclic) bond motifs is 1. The number of methoxy groups -OCH3 is 1. The molecule has 2 aromatic carbocycles. The van der Waals surface area contributed by atoms with Gasteiger partial charge in [0.25, 0.3) is 11.6 Å². The molecule has 0 atom stereocenters. The summed E-state index contributed by atoms with van der Waals surface area (Å²) in [6, 6.07) is 17.3. The summed E-state index contributed by atoms with van der Waals surface area (Å²) < 4.78 is 24.8. The molecule has 4 rings (SSSR count). The van der Waals surface area contributed by atoms with Crippen molar-refractivity contribution in [1.29, 1.82) is 0 Å². The molecule has 0 aliphatic rings. The SMILES string of the molecule is COCCNC(=O)c1cc(-c2ccccc2)nc2onc(-c3ccccc3F)c12. The Hall–Kier alpha value is -3.58. The number of amides is 1. The van der Waals surface area contributed by atoms with E-state index in [1.807, 2.05) is 30.3 Å². The highest BCUT2D eigenvalue weighted by atomic mass is 19.1. The van der Waals surface area contributed by atoms with Crippen LogP contribution in [0.5, 0.6) is 0 Å². The van der Waals surface area contributed by atoms with Gasteiger partial charge in [-0.15, -0.1) is 0 Å². The predicted molar refractivity (Wildman–Crippen MR) is 107 cm³/mol. The third kappa shape index (κ3) is 3.72. The molecule has 29 heavy (non-hydrogen) atoms. The molecule has 2 heterocycles. The number of hydrogen-bond acceptors (Lipinski definition) is 5. The maximum Gasteiger partial charge on any atom is 0.259 e. The van der Waals surface area contributed by atoms with E-state index in [9.17, 15) is 9.18 Å². The maximum atomic E-state index is 14.4. The quantitative estimate of drug-likeness (QED) is 0.501. The van der Waals surface area contributed by atoms with Crippen LogP contribution in [0.25, 0.3) is 33.6 Å². The van der Waals surface area contributed by atoms with Crippen molar-refractivity contribution >= 4 is 17.0 Å². The lowest BCUT2D eigenvalue weighted by Gasteiger charge is -2.09. The lowest BCUT2D eigenvalue weighted by atomic mass is 10.0. The number of nitrogens with one attached hydrogen (secondary N) is 1. The van der Waals surface area contributed by atoms with Crippen LogP contribution in [-0.4, -0.2) is 36.3 Å². The van der Waals surface area contributed by atoms with Crippen molar-refractivity contribution in [2.45, 2.75) is 0 Å². The first-order chi connectivity index (χ1) is 14.2. The Morgan fingerprint density at radius 2 is 1.90 bits per heavy atom. The van der Waals surface area contributed by atoms with Crippen molar-refractivity contribution in [3.8, 4) is 22.5 Å². The average molecular weight is 391 g/mol. The lowest BCUT2D eigenvalue weighted by Crippen LogP contribution is -2.27. The van der Waals surface area contributed by atoms with Crippen molar-refractivity contribution in [1.82, 2.24) is 15.5 Å². The number of benzene rings is 2. The highest BCUT2D eigenvalue weighted by molar-refractivity contribution is 6.10. The van der Waals surface area contributed by atoms with Crippen molar-refractivity contribution in [3.63, 3.8) is 0 Å². The molecule has 0 unspecified atom stereocenters. The number of halogens is 1. The van der Waals surface area contributed by atoms with Crippen LogP contribution in [-0.2, 0) is 4.74 Å². The Balaban J connectivity index is 1.90. The number of rotatable bonds is 6. The highest BCUT2D eigenvalue weighted by Gasteiger charge is 2.23. The first kappa shape index (κ1) is 18.8. The molecule has 0 fully saturated rings. The second kappa shape index (κ2) is 8.20. The van der Waals surface area contributed by atoms with Gasteiger partial charge in [-0.1, -0.05) is 47.6 Å². The molecule has 0 saturated heterocycles. The highest BCUT2D eigenvalue weighted by Crippen LogP contribution is 2.33. The largest absolute Gasteiger partial charge is 0.383 e. The molecule has 146 valence electrons. The van der Waals surface area contributed by atoms with E-state index >= 15 is 0 Å². The predicted octanol–water partition coefficient (Wildman–Crippen LogP) is 4.07. The summed E-state index contributed by atoms with van der Waals surface area (Å²) in [5, 5.41) is 7.18. The fourth-order valence-electron chi connectivity index (χ4n) is 3.09. The van der Waals surface area contributed by atoms with E-state index in [0.717, 1.165) is 5.56 Å². The van der Waals surface area contributed by atoms with E-state index in [1.165, 1.54) is 6.07 Å². The van der Waals surface area contributed by atoms with Gasteiger partial charge in [0.2, 0.25) is 0 Å². The van der Waals surface area contributed by atoms with Crippen LogP contribution in [0.4, 0.5) is 4.39 Å². The van der Waals surface area contributed by atoms with Crippen LogP contribution < -0.4 is 5.32 Å². The molecule has 2 aromatic heterocycles. The maximum absolute atomic E-state index is 14.4. The molecule has 1 N–H and O–H groups in total. The zero-order valence-corrected chi connectivity index (χ0v) is 15.7. The molecule has 7 heteroatoms. The number of carbonyl (C=O) groups is 1. The summed E-state index contributed by atoms with van der Waals surface area (Å²) in [7, 11) is 1.56. The van der Waals surface area contributed by atoms with E-state index in [4.69, 9.17) is 9.26 Å². The molecule has 0 spiro atoms. The Bertz CT molecular complexity index is 1160. The van der Waals surface area contributed by atoms with Crippen LogP contribution in [0.3, 0.4) is 0 Å². The summed E-state index contributed by atoms with van der Waals surface area (Å²) in [4.78, 5) is 17.4. The van der Waals surface area contributed by atoms with E-state index in [1.54, 1.807) is 31.4 Å². The molecule has 0 saturated carbocycles. The minimum Gasteiger partial charge on any atom is -0.383 e. The van der Waals surface area contributed by atoms with Gasteiger partial charge in [-0.3, -0.25) is 4.79 Å². The van der Waals surface area contributed by atoms with Gasteiger partial charge >= 0.3 is 0 Å².